The smallest absolute Gasteiger partial charge is 0.248 e. The number of rotatable bonds is 12. The zero-order valence-electron chi connectivity index (χ0n) is 27.8. The van der Waals surface area contributed by atoms with Crippen molar-refractivity contribution in [3.8, 4) is 5.75 Å². The van der Waals surface area contributed by atoms with Crippen LogP contribution in [-0.2, 0) is 36.4 Å². The number of amides is 1. The van der Waals surface area contributed by atoms with Crippen molar-refractivity contribution in [3.05, 3.63) is 77.4 Å². The largest absolute Gasteiger partial charge is 0.497 e. The molecule has 2 fully saturated rings. The van der Waals surface area contributed by atoms with Crippen LogP contribution in [-0.4, -0.2) is 104 Å². The molecule has 1 atom stereocenters. The first-order valence-electron chi connectivity index (χ1n) is 16.7. The van der Waals surface area contributed by atoms with Gasteiger partial charge in [0.05, 0.1) is 36.9 Å². The number of carbonyl (C=O) groups is 1. The number of piperidine rings is 1. The highest BCUT2D eigenvalue weighted by Crippen LogP contribution is 2.38. The second-order valence-electron chi connectivity index (χ2n) is 12.9. The van der Waals surface area contributed by atoms with E-state index in [4.69, 9.17) is 14.2 Å². The lowest BCUT2D eigenvalue weighted by molar-refractivity contribution is -0.145. The average Bonchev–Trinajstić information content (AvgIpc) is 3.78. The molecule has 0 radical (unpaired) electrons. The SMILES string of the molecule is COc1cc(C)c(S(=O)(=O)N2CCn3cccc3C2COCC(=O)N2CCC(OCCN3CCCC3)(c3cccnc3)CC2)c(C)c1. The van der Waals surface area contributed by atoms with Crippen molar-refractivity contribution in [2.75, 3.05) is 66.2 Å². The van der Waals surface area contributed by atoms with Gasteiger partial charge >= 0.3 is 0 Å². The predicted octanol–water partition coefficient (Wildman–Crippen LogP) is 3.90. The second kappa shape index (κ2) is 14.4. The predicted molar refractivity (Wildman–Crippen MR) is 178 cm³/mol. The molecule has 0 bridgehead atoms. The van der Waals surface area contributed by atoms with Crippen LogP contribution in [0.2, 0.25) is 0 Å². The quantitative estimate of drug-likeness (QED) is 0.287. The van der Waals surface area contributed by atoms with Gasteiger partial charge in [-0.15, -0.1) is 0 Å². The van der Waals surface area contributed by atoms with Crippen LogP contribution in [0.1, 0.15) is 54.1 Å². The molecule has 0 aliphatic carbocycles. The van der Waals surface area contributed by atoms with Crippen molar-refractivity contribution in [1.82, 2.24) is 23.7 Å². The fourth-order valence-electron chi connectivity index (χ4n) is 7.44. The Hall–Kier alpha value is -3.29. The summed E-state index contributed by atoms with van der Waals surface area (Å²) in [5, 5.41) is 0. The van der Waals surface area contributed by atoms with Gasteiger partial charge in [0.2, 0.25) is 15.9 Å². The van der Waals surface area contributed by atoms with Gasteiger partial charge in [-0.2, -0.15) is 4.31 Å². The molecule has 0 N–H and O–H groups in total. The highest BCUT2D eigenvalue weighted by Gasteiger charge is 2.40. The number of nitrogens with zero attached hydrogens (tertiary/aromatic N) is 5. The number of methoxy groups -OCH3 is 1. The van der Waals surface area contributed by atoms with Crippen LogP contribution < -0.4 is 4.74 Å². The molecule has 0 saturated carbocycles. The topological polar surface area (TPSA) is 106 Å². The molecule has 254 valence electrons. The molecule has 1 unspecified atom stereocenters. The molecule has 6 rings (SSSR count). The van der Waals surface area contributed by atoms with E-state index < -0.39 is 21.7 Å². The summed E-state index contributed by atoms with van der Waals surface area (Å²) in [6, 6.07) is 10.8. The molecule has 2 aromatic heterocycles. The molecule has 47 heavy (non-hydrogen) atoms. The van der Waals surface area contributed by atoms with Crippen LogP contribution in [0.3, 0.4) is 0 Å². The summed E-state index contributed by atoms with van der Waals surface area (Å²) < 4.78 is 50.0. The number of hydrogen-bond acceptors (Lipinski definition) is 8. The zero-order valence-corrected chi connectivity index (χ0v) is 28.6. The maximum Gasteiger partial charge on any atom is 0.248 e. The van der Waals surface area contributed by atoms with Gasteiger partial charge in [-0.1, -0.05) is 6.07 Å². The van der Waals surface area contributed by atoms with Crippen molar-refractivity contribution in [1.29, 1.82) is 0 Å². The average molecular weight is 666 g/mol. The minimum absolute atomic E-state index is 0.0658. The van der Waals surface area contributed by atoms with E-state index in [2.05, 4.69) is 20.5 Å². The minimum Gasteiger partial charge on any atom is -0.497 e. The summed E-state index contributed by atoms with van der Waals surface area (Å²) in [4.78, 5) is 22.3. The highest BCUT2D eigenvalue weighted by atomic mass is 32.2. The third kappa shape index (κ3) is 7.12. The van der Waals surface area contributed by atoms with Gasteiger partial charge in [0.15, 0.2) is 0 Å². The Bertz CT molecular complexity index is 1610. The van der Waals surface area contributed by atoms with Gasteiger partial charge in [-0.3, -0.25) is 9.78 Å². The molecule has 5 heterocycles. The summed E-state index contributed by atoms with van der Waals surface area (Å²) in [5.41, 5.74) is 2.68. The van der Waals surface area contributed by atoms with Gasteiger partial charge in [0.1, 0.15) is 12.4 Å². The van der Waals surface area contributed by atoms with Gasteiger partial charge in [0.25, 0.3) is 0 Å². The molecule has 3 aliphatic rings. The minimum atomic E-state index is -3.87. The second-order valence-corrected chi connectivity index (χ2v) is 14.7. The number of ether oxygens (including phenoxy) is 3. The lowest BCUT2D eigenvalue weighted by Gasteiger charge is -2.42. The highest BCUT2D eigenvalue weighted by molar-refractivity contribution is 7.89. The first-order chi connectivity index (χ1) is 22.7. The van der Waals surface area contributed by atoms with Crippen LogP contribution in [0.25, 0.3) is 0 Å². The summed E-state index contributed by atoms with van der Waals surface area (Å²) >= 11 is 0. The van der Waals surface area contributed by atoms with Crippen LogP contribution in [0, 0.1) is 13.8 Å². The Morgan fingerprint density at radius 1 is 1.00 bits per heavy atom. The van der Waals surface area contributed by atoms with Crippen molar-refractivity contribution in [3.63, 3.8) is 0 Å². The normalized spacial score (nSPS) is 20.3. The first-order valence-corrected chi connectivity index (χ1v) is 18.1. The monoisotopic (exact) mass is 665 g/mol. The molecule has 11 nitrogen and oxygen atoms in total. The summed E-state index contributed by atoms with van der Waals surface area (Å²) in [6.07, 6.45) is 9.45. The van der Waals surface area contributed by atoms with E-state index in [0.717, 1.165) is 30.9 Å². The number of carbonyl (C=O) groups excluding carboxylic acids is 1. The number of hydrogen-bond donors (Lipinski definition) is 0. The maximum atomic E-state index is 14.2. The van der Waals surface area contributed by atoms with E-state index in [1.54, 1.807) is 39.3 Å². The van der Waals surface area contributed by atoms with Crippen molar-refractivity contribution >= 4 is 15.9 Å². The molecule has 1 aromatic carbocycles. The molecule has 3 aliphatic heterocycles. The Morgan fingerprint density at radius 3 is 2.43 bits per heavy atom. The maximum absolute atomic E-state index is 14.2. The van der Waals surface area contributed by atoms with Crippen LogP contribution >= 0.6 is 0 Å². The fourth-order valence-corrected chi connectivity index (χ4v) is 9.44. The Labute approximate surface area is 278 Å². The number of pyridine rings is 1. The molecular formula is C35H47N5O6S. The number of benzene rings is 1. The van der Waals surface area contributed by atoms with Gasteiger partial charge in [-0.25, -0.2) is 8.42 Å². The molecule has 1 amide bonds. The van der Waals surface area contributed by atoms with E-state index in [9.17, 15) is 13.2 Å². The molecule has 12 heteroatoms. The fraction of sp³-hybridized carbons (Fsp3) is 0.543. The standard InChI is InChI=1S/C35H47N5O6S/c1-27-22-30(44-3)23-28(2)34(27)47(42,43)40-19-18-38-15-7-9-31(38)32(40)25-45-26-33(41)39-16-10-35(11-17-39,29-8-6-12-36-24-29)46-21-20-37-13-4-5-14-37/h6-9,12,15,22-24,32H,4-5,10-11,13-14,16-21,25-26H2,1-3H3. The Kier molecular flexibility index (Phi) is 10.3. The Morgan fingerprint density at radius 2 is 1.74 bits per heavy atom. The van der Waals surface area contributed by atoms with E-state index in [1.807, 2.05) is 35.5 Å². The number of fused-ring (bicyclic) bond motifs is 1. The van der Waals surface area contributed by atoms with E-state index in [-0.39, 0.29) is 24.0 Å². The molecule has 2 saturated heterocycles. The number of sulfonamides is 1. The number of aromatic nitrogens is 2. The van der Waals surface area contributed by atoms with Gasteiger partial charge in [0, 0.05) is 62.6 Å². The zero-order chi connectivity index (χ0) is 33.0. The first kappa shape index (κ1) is 33.6. The number of aryl methyl sites for hydroxylation is 2. The number of likely N-dealkylation sites (tertiary alicyclic amines) is 2. The van der Waals surface area contributed by atoms with Gasteiger partial charge < -0.3 is 28.6 Å². The lowest BCUT2D eigenvalue weighted by Crippen LogP contribution is -2.48. The third-order valence-corrected chi connectivity index (χ3v) is 12.2. The van der Waals surface area contributed by atoms with E-state index >= 15 is 0 Å². The Balaban J connectivity index is 1.10. The van der Waals surface area contributed by atoms with E-state index in [0.29, 0.717) is 62.5 Å². The summed E-state index contributed by atoms with van der Waals surface area (Å²) in [7, 11) is -2.30. The molecule has 3 aromatic rings. The van der Waals surface area contributed by atoms with Crippen LogP contribution in [0.5, 0.6) is 5.75 Å². The van der Waals surface area contributed by atoms with Crippen LogP contribution in [0.4, 0.5) is 0 Å². The molecule has 0 spiro atoms. The van der Waals surface area contributed by atoms with Crippen LogP contribution in [0.15, 0.2) is 59.9 Å². The third-order valence-electron chi connectivity index (χ3n) is 9.95. The summed E-state index contributed by atoms with van der Waals surface area (Å²) in [5.74, 6) is 0.512. The van der Waals surface area contributed by atoms with Crippen molar-refractivity contribution in [2.24, 2.45) is 0 Å². The molecular weight excluding hydrogens is 618 g/mol. The van der Waals surface area contributed by atoms with Crippen molar-refractivity contribution in [2.45, 2.75) is 62.6 Å². The van der Waals surface area contributed by atoms with E-state index in [1.165, 1.54) is 17.1 Å². The lowest BCUT2D eigenvalue weighted by atomic mass is 9.85. The summed E-state index contributed by atoms with van der Waals surface area (Å²) in [6.45, 7) is 9.27. The van der Waals surface area contributed by atoms with Crippen molar-refractivity contribution < 1.29 is 27.4 Å². The van der Waals surface area contributed by atoms with Gasteiger partial charge in [-0.05, 0) is 94.1 Å².